The fourth-order valence-corrected chi connectivity index (χ4v) is 3.67. The van der Waals surface area contributed by atoms with Crippen molar-refractivity contribution in [2.24, 2.45) is 4.99 Å². The topological polar surface area (TPSA) is 63.2 Å². The monoisotopic (exact) mass is 353 g/mol. The predicted octanol–water partition coefficient (Wildman–Crippen LogP) is 2.28. The molecule has 1 fully saturated rings. The van der Waals surface area contributed by atoms with Crippen molar-refractivity contribution >= 4 is 11.7 Å². The number of carbonyl (C=O) groups excluding carboxylic acids is 1. The smallest absolute Gasteiger partial charge is 0.251 e. The molecule has 0 aliphatic carbocycles. The van der Waals surface area contributed by atoms with Gasteiger partial charge in [0.2, 0.25) is 0 Å². The third-order valence-corrected chi connectivity index (χ3v) is 4.80. The highest BCUT2D eigenvalue weighted by molar-refractivity contribution is 6.03. The van der Waals surface area contributed by atoms with Crippen LogP contribution in [0.15, 0.2) is 64.3 Å². The summed E-state index contributed by atoms with van der Waals surface area (Å²) in [5.74, 6) is -0.285. The van der Waals surface area contributed by atoms with Gasteiger partial charge in [-0.2, -0.15) is 0 Å². The number of amides is 1. The third-order valence-electron chi connectivity index (χ3n) is 4.80. The van der Waals surface area contributed by atoms with Crippen LogP contribution in [0.5, 0.6) is 0 Å². The van der Waals surface area contributed by atoms with Gasteiger partial charge >= 0.3 is 0 Å². The van der Waals surface area contributed by atoms with E-state index in [-0.39, 0.29) is 6.29 Å². The molecule has 0 atom stereocenters. The first kappa shape index (κ1) is 15.5. The Kier molecular flexibility index (Phi) is 3.51. The lowest BCUT2D eigenvalue weighted by Gasteiger charge is -2.28. The number of ether oxygens (including phenoxy) is 2. The molecule has 0 aromatic heterocycles. The normalized spacial score (nSPS) is 22.6. The summed E-state index contributed by atoms with van der Waals surface area (Å²) in [6.07, 6.45) is 2.73. The molecule has 0 saturated carbocycles. The van der Waals surface area contributed by atoms with Crippen LogP contribution in [0.25, 0.3) is 0 Å². The highest BCUT2D eigenvalue weighted by atomic mass is 19.1. The van der Waals surface area contributed by atoms with E-state index in [1.54, 1.807) is 0 Å². The van der Waals surface area contributed by atoms with Crippen LogP contribution < -0.4 is 5.32 Å². The molecule has 1 amide bonds. The van der Waals surface area contributed by atoms with Crippen molar-refractivity contribution in [2.45, 2.75) is 12.7 Å². The van der Waals surface area contributed by atoms with Crippen LogP contribution in [0.4, 0.5) is 4.39 Å². The maximum absolute atomic E-state index is 14.4. The zero-order valence-electron chi connectivity index (χ0n) is 13.9. The van der Waals surface area contributed by atoms with Gasteiger partial charge in [-0.05, 0) is 6.07 Å². The molecule has 0 unspecified atom stereocenters. The molecule has 1 aromatic carbocycles. The summed E-state index contributed by atoms with van der Waals surface area (Å²) >= 11 is 0. The number of allylic oxidation sites excluding steroid dienone is 1. The summed E-state index contributed by atoms with van der Waals surface area (Å²) in [4.78, 5) is 18.2. The number of amidine groups is 1. The van der Waals surface area contributed by atoms with Crippen LogP contribution >= 0.6 is 0 Å². The molecule has 5 rings (SSSR count). The minimum absolute atomic E-state index is 0.346. The lowest BCUT2D eigenvalue weighted by atomic mass is 10.1. The zero-order valence-corrected chi connectivity index (χ0v) is 13.9. The Morgan fingerprint density at radius 1 is 1.27 bits per heavy atom. The molecule has 6 nitrogen and oxygen atoms in total. The molecular weight excluding hydrogens is 337 g/mol. The Balaban J connectivity index is 1.57. The quantitative estimate of drug-likeness (QED) is 0.886. The van der Waals surface area contributed by atoms with E-state index in [4.69, 9.17) is 9.47 Å². The molecule has 4 aliphatic heterocycles. The Bertz CT molecular complexity index is 926. The molecule has 26 heavy (non-hydrogen) atoms. The number of benzene rings is 1. The standard InChI is InChI=1S/C19H16FN3O3/c20-14-9-16(24)22-15-4-5-23-17(15)13(14)10-21-18(23)11-2-1-3-12(8-11)19-25-6-7-26-19/h1-3,8-10,19H,4-7H2,(H,22,24). The molecule has 4 heterocycles. The van der Waals surface area contributed by atoms with Gasteiger partial charge in [-0.15, -0.1) is 0 Å². The van der Waals surface area contributed by atoms with E-state index in [2.05, 4.69) is 10.3 Å². The fraction of sp³-hybridized carbons (Fsp3) is 0.263. The summed E-state index contributed by atoms with van der Waals surface area (Å²) < 4.78 is 25.5. The summed E-state index contributed by atoms with van der Waals surface area (Å²) in [5.41, 5.74) is 3.58. The first-order valence-electron chi connectivity index (χ1n) is 8.52. The summed E-state index contributed by atoms with van der Waals surface area (Å²) in [5, 5.41) is 2.77. The van der Waals surface area contributed by atoms with Gasteiger partial charge in [-0.3, -0.25) is 4.79 Å². The molecule has 132 valence electrons. The van der Waals surface area contributed by atoms with Crippen molar-refractivity contribution < 1.29 is 18.7 Å². The molecule has 0 spiro atoms. The van der Waals surface area contributed by atoms with Crippen molar-refractivity contribution in [3.05, 3.63) is 70.5 Å². The second-order valence-electron chi connectivity index (χ2n) is 6.40. The van der Waals surface area contributed by atoms with Gasteiger partial charge in [0.25, 0.3) is 5.91 Å². The van der Waals surface area contributed by atoms with Crippen molar-refractivity contribution in [3.63, 3.8) is 0 Å². The van der Waals surface area contributed by atoms with Crippen LogP contribution in [0, 0.1) is 0 Å². The van der Waals surface area contributed by atoms with E-state index >= 15 is 0 Å². The van der Waals surface area contributed by atoms with Crippen molar-refractivity contribution in [3.8, 4) is 0 Å². The molecule has 1 saturated heterocycles. The van der Waals surface area contributed by atoms with E-state index in [1.165, 1.54) is 6.20 Å². The number of halogens is 1. The van der Waals surface area contributed by atoms with Gasteiger partial charge in [-0.1, -0.05) is 18.2 Å². The highest BCUT2D eigenvalue weighted by Gasteiger charge is 2.35. The number of aliphatic imine (C=N–C) groups is 1. The Morgan fingerprint density at radius 3 is 2.96 bits per heavy atom. The van der Waals surface area contributed by atoms with Crippen molar-refractivity contribution in [1.82, 2.24) is 10.2 Å². The average molecular weight is 353 g/mol. The first-order valence-corrected chi connectivity index (χ1v) is 8.52. The number of nitrogens with one attached hydrogen (secondary N) is 1. The van der Waals surface area contributed by atoms with Gasteiger partial charge in [0.1, 0.15) is 11.7 Å². The Morgan fingerprint density at radius 2 is 2.12 bits per heavy atom. The lowest BCUT2D eigenvalue weighted by molar-refractivity contribution is -0.115. The molecule has 7 heteroatoms. The van der Waals surface area contributed by atoms with Crippen LogP contribution in [-0.2, 0) is 14.3 Å². The molecule has 4 aliphatic rings. The van der Waals surface area contributed by atoms with E-state index in [0.717, 1.165) is 28.7 Å². The number of rotatable bonds is 2. The van der Waals surface area contributed by atoms with Crippen LogP contribution in [0.3, 0.4) is 0 Å². The summed E-state index contributed by atoms with van der Waals surface area (Å²) in [7, 11) is 0. The molecule has 1 N–H and O–H groups in total. The maximum Gasteiger partial charge on any atom is 0.251 e. The second-order valence-corrected chi connectivity index (χ2v) is 6.40. The molecule has 0 bridgehead atoms. The third kappa shape index (κ3) is 2.40. The van der Waals surface area contributed by atoms with Crippen LogP contribution in [-0.4, -0.2) is 36.4 Å². The van der Waals surface area contributed by atoms with Gasteiger partial charge in [-0.25, -0.2) is 9.38 Å². The first-order chi connectivity index (χ1) is 12.7. The second kappa shape index (κ2) is 5.89. The SMILES string of the molecule is O=C1C=C(F)C2=CN=C(c3cccc(C4OCCO4)c3)N3CCC(=C23)N1. The number of nitrogens with zero attached hydrogens (tertiary/aromatic N) is 2. The van der Waals surface area contributed by atoms with Crippen LogP contribution in [0.1, 0.15) is 23.8 Å². The van der Waals surface area contributed by atoms with Crippen molar-refractivity contribution in [1.29, 1.82) is 0 Å². The molecule has 1 aromatic rings. The maximum atomic E-state index is 14.4. The predicted molar refractivity (Wildman–Crippen MR) is 91.4 cm³/mol. The zero-order chi connectivity index (χ0) is 17.7. The largest absolute Gasteiger partial charge is 0.346 e. The number of hydrogen-bond donors (Lipinski definition) is 1. The van der Waals surface area contributed by atoms with E-state index in [1.807, 2.05) is 29.2 Å². The minimum atomic E-state index is -0.566. The Hall–Kier alpha value is -2.77. The fourth-order valence-electron chi connectivity index (χ4n) is 3.67. The van der Waals surface area contributed by atoms with Crippen molar-refractivity contribution in [2.75, 3.05) is 19.8 Å². The molecule has 0 radical (unpaired) electrons. The van der Waals surface area contributed by atoms with E-state index in [0.29, 0.717) is 37.4 Å². The summed E-state index contributed by atoms with van der Waals surface area (Å²) in [6.45, 7) is 1.79. The van der Waals surface area contributed by atoms with E-state index in [9.17, 15) is 9.18 Å². The van der Waals surface area contributed by atoms with Gasteiger partial charge < -0.3 is 19.7 Å². The molecular formula is C19H16FN3O3. The number of carbonyl (C=O) groups is 1. The summed E-state index contributed by atoms with van der Waals surface area (Å²) in [6, 6.07) is 7.81. The average Bonchev–Trinajstić information content (AvgIpc) is 3.29. The van der Waals surface area contributed by atoms with E-state index < -0.39 is 11.7 Å². The minimum Gasteiger partial charge on any atom is -0.346 e. The van der Waals surface area contributed by atoms with Gasteiger partial charge in [0.05, 0.1) is 24.5 Å². The Labute approximate surface area is 149 Å². The lowest BCUT2D eigenvalue weighted by Crippen LogP contribution is -2.32. The number of hydrogen-bond acceptors (Lipinski definition) is 5. The highest BCUT2D eigenvalue weighted by Crippen LogP contribution is 2.37. The van der Waals surface area contributed by atoms with Gasteiger partial charge in [0, 0.05) is 42.1 Å². The van der Waals surface area contributed by atoms with Crippen LogP contribution in [0.2, 0.25) is 0 Å². The van der Waals surface area contributed by atoms with Gasteiger partial charge in [0.15, 0.2) is 6.29 Å².